The number of rotatable bonds is 1. The van der Waals surface area contributed by atoms with Crippen molar-refractivity contribution in [2.24, 2.45) is 19.2 Å². The molecule has 0 aliphatic carbocycles. The average Bonchev–Trinajstić information content (AvgIpc) is 3.75. The number of aromatic nitrogens is 3. The summed E-state index contributed by atoms with van der Waals surface area (Å²) in [6.45, 7) is 3.35. The van der Waals surface area contributed by atoms with E-state index in [0.717, 1.165) is 91.5 Å². The molecule has 0 amide bonds. The lowest BCUT2D eigenvalue weighted by atomic mass is 9.94. The molecule has 0 unspecified atom stereocenters. The number of allylic oxidation sites excluding steroid dienone is 1. The summed E-state index contributed by atoms with van der Waals surface area (Å²) in [5.41, 5.74) is 6.03. The number of hydrazone groups is 1. The Morgan fingerprint density at radius 2 is 1.94 bits per heavy atom. The van der Waals surface area contributed by atoms with E-state index in [1.807, 2.05) is 54.3 Å². The van der Waals surface area contributed by atoms with Crippen LogP contribution in [0.5, 0.6) is 5.75 Å². The zero-order valence-corrected chi connectivity index (χ0v) is 29.7. The first kappa shape index (κ1) is 32.7. The lowest BCUT2D eigenvalue weighted by Gasteiger charge is -2.16. The van der Waals surface area contributed by atoms with Crippen LogP contribution in [0.25, 0.3) is 27.8 Å². The van der Waals surface area contributed by atoms with Gasteiger partial charge in [-0.1, -0.05) is 48.9 Å². The maximum atomic E-state index is 12.8. The van der Waals surface area contributed by atoms with Gasteiger partial charge in [-0.25, -0.2) is 4.79 Å². The molecular formula is C37H38ClN5O3S2. The Bertz CT molecular complexity index is 2080. The van der Waals surface area contributed by atoms with Crippen LogP contribution in [0, 0.1) is 0 Å². The molecule has 5 aromatic rings. The standard InChI is InChI=1S/C37H38ClN5O3S2/c1-23-12-15-46-33-20-28(17-24-7-4-5-9-29(24)33)48-22-27-18-25(40-42(27)3)21-47-16-13-39-43-14-6-8-26(43)19-31-32(38)11-10-30-34(23)36(37(44)45)41(2)35(30)31/h4-5,7,9-11,13,17-20,23H,6,8,12,14-16,21-22H2,1-3H3,(H,44,45)/b26-19+,39-13+/t23-/m1/s1. The van der Waals surface area contributed by atoms with E-state index >= 15 is 0 Å². The summed E-state index contributed by atoms with van der Waals surface area (Å²) in [7, 11) is 3.83. The van der Waals surface area contributed by atoms with E-state index in [1.54, 1.807) is 28.1 Å². The molecule has 2 aromatic heterocycles. The van der Waals surface area contributed by atoms with E-state index in [9.17, 15) is 9.90 Å². The van der Waals surface area contributed by atoms with Crippen LogP contribution >= 0.6 is 35.1 Å². The smallest absolute Gasteiger partial charge is 0.352 e. The molecule has 7 rings (SSSR count). The second-order valence-corrected chi connectivity index (χ2v) is 14.9. The highest BCUT2D eigenvalue weighted by Gasteiger charge is 2.27. The van der Waals surface area contributed by atoms with Gasteiger partial charge in [0.15, 0.2) is 0 Å². The molecule has 11 heteroatoms. The Morgan fingerprint density at radius 3 is 2.79 bits per heavy atom. The number of halogens is 1. The average molecular weight is 700 g/mol. The number of ether oxygens (including phenoxy) is 1. The number of benzene rings is 3. The molecule has 0 spiro atoms. The number of hydrogen-bond donors (Lipinski definition) is 1. The van der Waals surface area contributed by atoms with Gasteiger partial charge < -0.3 is 14.4 Å². The topological polar surface area (TPSA) is 84.9 Å². The molecular weight excluding hydrogens is 662 g/mol. The zero-order valence-electron chi connectivity index (χ0n) is 27.3. The maximum Gasteiger partial charge on any atom is 0.352 e. The van der Waals surface area contributed by atoms with Crippen LogP contribution in [0.4, 0.5) is 0 Å². The van der Waals surface area contributed by atoms with Crippen LogP contribution in [0.3, 0.4) is 0 Å². The molecule has 0 saturated carbocycles. The molecule has 0 radical (unpaired) electrons. The van der Waals surface area contributed by atoms with E-state index < -0.39 is 5.97 Å². The number of aromatic carboxylic acids is 1. The highest BCUT2D eigenvalue weighted by atomic mass is 35.5. The Hall–Kier alpha value is -3.86. The van der Waals surface area contributed by atoms with Crippen LogP contribution in [0.1, 0.15) is 65.1 Å². The number of nitrogens with zero attached hydrogens (tertiary/aromatic N) is 5. The van der Waals surface area contributed by atoms with Crippen LogP contribution in [0.15, 0.2) is 70.3 Å². The van der Waals surface area contributed by atoms with Crippen molar-refractivity contribution in [3.63, 3.8) is 0 Å². The number of hydrogen-bond acceptors (Lipinski definition) is 7. The minimum absolute atomic E-state index is 0.0834. The quantitative estimate of drug-likeness (QED) is 0.187. The van der Waals surface area contributed by atoms with Crippen LogP contribution in [0.2, 0.25) is 5.02 Å². The lowest BCUT2D eigenvalue weighted by molar-refractivity contribution is 0.0685. The highest BCUT2D eigenvalue weighted by molar-refractivity contribution is 7.99. The molecule has 248 valence electrons. The summed E-state index contributed by atoms with van der Waals surface area (Å²) in [6.07, 6.45) is 6.57. The second-order valence-electron chi connectivity index (χ2n) is 12.4. The number of carbonyl (C=O) groups is 1. The number of fused-ring (bicyclic) bond motifs is 7. The van der Waals surface area contributed by atoms with Crippen molar-refractivity contribution in [2.45, 2.75) is 48.5 Å². The van der Waals surface area contributed by atoms with Crippen molar-refractivity contribution >= 4 is 75.1 Å². The van der Waals surface area contributed by atoms with Gasteiger partial charge >= 0.3 is 5.97 Å². The Labute approximate surface area is 293 Å². The van der Waals surface area contributed by atoms with E-state index in [2.05, 4.69) is 43.3 Å². The number of thioether (sulfide) groups is 2. The first-order chi connectivity index (χ1) is 23.3. The van der Waals surface area contributed by atoms with Crippen molar-refractivity contribution in [3.05, 3.63) is 93.5 Å². The Kier molecular flexibility index (Phi) is 9.49. The van der Waals surface area contributed by atoms with Gasteiger partial charge in [0.25, 0.3) is 0 Å². The van der Waals surface area contributed by atoms with Crippen LogP contribution < -0.4 is 4.74 Å². The van der Waals surface area contributed by atoms with Gasteiger partial charge in [0.2, 0.25) is 0 Å². The van der Waals surface area contributed by atoms with Gasteiger partial charge in [0, 0.05) is 81.8 Å². The molecule has 2 aliphatic heterocycles. The van der Waals surface area contributed by atoms with Gasteiger partial charge in [0.05, 0.1) is 17.8 Å². The third-order valence-corrected chi connectivity index (χ3v) is 11.4. The van der Waals surface area contributed by atoms with Crippen molar-refractivity contribution < 1.29 is 14.6 Å². The van der Waals surface area contributed by atoms with Crippen molar-refractivity contribution in [1.82, 2.24) is 19.4 Å². The minimum atomic E-state index is -0.954. The summed E-state index contributed by atoms with van der Waals surface area (Å²) in [6, 6.07) is 18.7. The van der Waals surface area contributed by atoms with Gasteiger partial charge in [-0.15, -0.1) is 23.5 Å². The van der Waals surface area contributed by atoms with E-state index in [1.165, 1.54) is 5.69 Å². The fourth-order valence-corrected chi connectivity index (χ4v) is 8.66. The van der Waals surface area contributed by atoms with Gasteiger partial charge in [-0.05, 0) is 66.5 Å². The third-order valence-electron chi connectivity index (χ3n) is 9.20. The summed E-state index contributed by atoms with van der Waals surface area (Å²) in [4.78, 5) is 13.9. The van der Waals surface area contributed by atoms with E-state index in [-0.39, 0.29) is 11.6 Å². The number of carboxylic acids is 1. The van der Waals surface area contributed by atoms with E-state index in [0.29, 0.717) is 18.1 Å². The molecule has 8 nitrogen and oxygen atoms in total. The van der Waals surface area contributed by atoms with Crippen LogP contribution in [-0.2, 0) is 25.6 Å². The molecule has 1 fully saturated rings. The van der Waals surface area contributed by atoms with Crippen molar-refractivity contribution in [2.75, 3.05) is 18.9 Å². The zero-order chi connectivity index (χ0) is 33.4. The molecule has 1 atom stereocenters. The fourth-order valence-electron chi connectivity index (χ4n) is 6.83. The highest BCUT2D eigenvalue weighted by Crippen LogP contribution is 2.40. The number of carboxylic acid groups (broad SMARTS) is 1. The predicted octanol–water partition coefficient (Wildman–Crippen LogP) is 8.95. The molecule has 1 saturated heterocycles. The normalized spacial score (nSPS) is 19.5. The van der Waals surface area contributed by atoms with Crippen LogP contribution in [-0.4, -0.2) is 55.6 Å². The largest absolute Gasteiger partial charge is 0.493 e. The first-order valence-electron chi connectivity index (χ1n) is 16.2. The Balaban J connectivity index is 1.29. The molecule has 2 aliphatic rings. The number of aryl methyl sites for hydroxylation is 2. The fraction of sp³-hybridized carbons (Fsp3) is 0.324. The van der Waals surface area contributed by atoms with Gasteiger partial charge in [-0.3, -0.25) is 9.69 Å². The summed E-state index contributed by atoms with van der Waals surface area (Å²) in [5.74, 6) is 2.16. The van der Waals surface area contributed by atoms with Crippen molar-refractivity contribution in [1.29, 1.82) is 0 Å². The molecule has 8 bridgehead atoms. The maximum absolute atomic E-state index is 12.8. The first-order valence-corrected chi connectivity index (χ1v) is 18.7. The lowest BCUT2D eigenvalue weighted by Crippen LogP contribution is -2.11. The van der Waals surface area contributed by atoms with Gasteiger partial charge in [-0.2, -0.15) is 10.2 Å². The second kappa shape index (κ2) is 13.9. The molecule has 1 N–H and O–H groups in total. The summed E-state index contributed by atoms with van der Waals surface area (Å²) in [5, 5.41) is 25.8. The van der Waals surface area contributed by atoms with Crippen molar-refractivity contribution in [3.8, 4) is 5.75 Å². The minimum Gasteiger partial charge on any atom is -0.493 e. The predicted molar refractivity (Wildman–Crippen MR) is 199 cm³/mol. The molecule has 48 heavy (non-hydrogen) atoms. The molecule has 4 heterocycles. The Morgan fingerprint density at radius 1 is 1.08 bits per heavy atom. The summed E-state index contributed by atoms with van der Waals surface area (Å²) >= 11 is 10.4. The summed E-state index contributed by atoms with van der Waals surface area (Å²) < 4.78 is 10.3. The van der Waals surface area contributed by atoms with E-state index in [4.69, 9.17) is 26.5 Å². The SMILES string of the molecule is C[C@@H]1CCOc2cc(cc3ccccc23)SCc2cc(nn2C)CSC/C=N/N2CCC/C2=C\c2c(Cl)ccc3c1c(C(=O)O)n(C)c23. The third kappa shape index (κ3) is 6.45. The van der Waals surface area contributed by atoms with Gasteiger partial charge in [0.1, 0.15) is 11.4 Å². The monoisotopic (exact) mass is 699 g/mol. The molecule has 3 aromatic carbocycles.